The van der Waals surface area contributed by atoms with Gasteiger partial charge in [-0.05, 0) is 37.5 Å². The van der Waals surface area contributed by atoms with Gasteiger partial charge in [-0.3, -0.25) is 0 Å². The molecule has 2 fully saturated rings. The molecule has 0 amide bonds. The molecule has 1 saturated heterocycles. The zero-order valence-electron chi connectivity index (χ0n) is 15.1. The Morgan fingerprint density at radius 1 is 1.32 bits per heavy atom. The predicted molar refractivity (Wildman–Crippen MR) is 94.3 cm³/mol. The average molecular weight is 351 g/mol. The van der Waals surface area contributed by atoms with E-state index in [1.54, 1.807) is 6.07 Å². The van der Waals surface area contributed by atoms with Crippen LogP contribution in [0.15, 0.2) is 23.2 Å². The Labute approximate surface area is 148 Å². The highest BCUT2D eigenvalue weighted by atomic mass is 19.2. The lowest BCUT2D eigenvalue weighted by Crippen LogP contribution is -2.71. The highest BCUT2D eigenvalue weighted by molar-refractivity contribution is 5.80. The molecular weight excluding hydrogens is 324 g/mol. The van der Waals surface area contributed by atoms with Crippen molar-refractivity contribution in [3.05, 3.63) is 35.4 Å². The largest absolute Gasteiger partial charge is 0.377 e. The first-order valence-electron chi connectivity index (χ1n) is 9.04. The molecule has 1 aliphatic carbocycles. The lowest BCUT2D eigenvalue weighted by atomic mass is 9.55. The van der Waals surface area contributed by atoms with E-state index in [2.05, 4.69) is 29.5 Å². The summed E-state index contributed by atoms with van der Waals surface area (Å²) in [6, 6.07) is 4.19. The van der Waals surface area contributed by atoms with Crippen LogP contribution in [0.1, 0.15) is 39.2 Å². The lowest BCUT2D eigenvalue weighted by Gasteiger charge is -2.60. The van der Waals surface area contributed by atoms with Crippen LogP contribution in [0, 0.1) is 23.0 Å². The van der Waals surface area contributed by atoms with Crippen molar-refractivity contribution in [1.82, 2.24) is 10.6 Å². The highest BCUT2D eigenvalue weighted by Crippen LogP contribution is 2.51. The molecule has 3 unspecified atom stereocenters. The second-order valence-corrected chi connectivity index (χ2v) is 7.48. The van der Waals surface area contributed by atoms with Crippen LogP contribution in [-0.2, 0) is 11.3 Å². The topological polar surface area (TPSA) is 45.7 Å². The molecule has 6 heteroatoms. The Bertz CT molecular complexity index is 648. The van der Waals surface area contributed by atoms with Crippen molar-refractivity contribution < 1.29 is 13.5 Å². The van der Waals surface area contributed by atoms with Gasteiger partial charge in [0.15, 0.2) is 17.6 Å². The van der Waals surface area contributed by atoms with Crippen LogP contribution in [-0.4, -0.2) is 31.3 Å². The van der Waals surface area contributed by atoms with Crippen LogP contribution in [0.2, 0.25) is 0 Å². The molecule has 1 saturated carbocycles. The number of aliphatic imine (C=N–C) groups is 1. The first-order valence-corrected chi connectivity index (χ1v) is 9.04. The van der Waals surface area contributed by atoms with Gasteiger partial charge >= 0.3 is 0 Å². The molecule has 1 heterocycles. The predicted octanol–water partition coefficient (Wildman–Crippen LogP) is 3.22. The van der Waals surface area contributed by atoms with Crippen LogP contribution in [0.4, 0.5) is 8.78 Å². The first-order chi connectivity index (χ1) is 11.9. The monoisotopic (exact) mass is 351 g/mol. The molecule has 1 aromatic carbocycles. The maximum absolute atomic E-state index is 13.3. The van der Waals surface area contributed by atoms with Gasteiger partial charge in [0.1, 0.15) is 0 Å². The third-order valence-corrected chi connectivity index (χ3v) is 5.37. The normalized spacial score (nSPS) is 28.0. The maximum atomic E-state index is 13.3. The third kappa shape index (κ3) is 3.64. The van der Waals surface area contributed by atoms with E-state index in [-0.39, 0.29) is 5.41 Å². The van der Waals surface area contributed by atoms with E-state index in [1.807, 2.05) is 6.92 Å². The minimum absolute atomic E-state index is 0.0449. The summed E-state index contributed by atoms with van der Waals surface area (Å²) in [5.74, 6) is -0.476. The van der Waals surface area contributed by atoms with E-state index in [4.69, 9.17) is 4.74 Å². The second-order valence-electron chi connectivity index (χ2n) is 7.48. The van der Waals surface area contributed by atoms with E-state index < -0.39 is 11.6 Å². The van der Waals surface area contributed by atoms with Gasteiger partial charge in [0.05, 0.1) is 12.6 Å². The number of nitrogens with one attached hydrogen (secondary N) is 2. The summed E-state index contributed by atoms with van der Waals surface area (Å²) in [4.78, 5) is 4.54. The Kier molecular flexibility index (Phi) is 5.27. The molecular formula is C19H27F2N3O. The molecule has 2 N–H and O–H groups in total. The fraction of sp³-hybridized carbons (Fsp3) is 0.632. The van der Waals surface area contributed by atoms with Crippen molar-refractivity contribution in [3.63, 3.8) is 0 Å². The number of guanidine groups is 1. The molecule has 1 aliphatic heterocycles. The minimum Gasteiger partial charge on any atom is -0.377 e. The average Bonchev–Trinajstić information content (AvgIpc) is 2.60. The van der Waals surface area contributed by atoms with Crippen molar-refractivity contribution in [3.8, 4) is 0 Å². The number of fused-ring (bicyclic) bond motifs is 1. The number of benzene rings is 1. The number of halogens is 2. The smallest absolute Gasteiger partial charge is 0.191 e. The van der Waals surface area contributed by atoms with Crippen LogP contribution in [0.3, 0.4) is 0 Å². The number of nitrogens with zero attached hydrogens (tertiary/aromatic N) is 1. The van der Waals surface area contributed by atoms with Gasteiger partial charge in [-0.15, -0.1) is 0 Å². The summed E-state index contributed by atoms with van der Waals surface area (Å²) in [5.41, 5.74) is 0.686. The SMILES string of the molecule is CCNC(=NCc1ccc(F)c(F)c1)NC1C2CCCOC2C1(C)C. The Balaban J connectivity index is 1.69. The summed E-state index contributed by atoms with van der Waals surface area (Å²) in [5, 5.41) is 6.77. The minimum atomic E-state index is -0.840. The molecule has 138 valence electrons. The van der Waals surface area contributed by atoms with Crippen molar-refractivity contribution >= 4 is 5.96 Å². The zero-order valence-corrected chi connectivity index (χ0v) is 15.1. The molecule has 0 aromatic heterocycles. The van der Waals surface area contributed by atoms with Gasteiger partial charge in [0.2, 0.25) is 0 Å². The second kappa shape index (κ2) is 7.28. The summed E-state index contributed by atoms with van der Waals surface area (Å²) in [6.07, 6.45) is 2.56. The molecule has 0 bridgehead atoms. The summed E-state index contributed by atoms with van der Waals surface area (Å²) < 4.78 is 32.3. The molecule has 3 rings (SSSR count). The molecule has 25 heavy (non-hydrogen) atoms. The molecule has 1 aromatic rings. The van der Waals surface area contributed by atoms with Gasteiger partial charge in [0.25, 0.3) is 0 Å². The van der Waals surface area contributed by atoms with E-state index >= 15 is 0 Å². The highest BCUT2D eigenvalue weighted by Gasteiger charge is 2.58. The maximum Gasteiger partial charge on any atom is 0.191 e. The van der Waals surface area contributed by atoms with E-state index in [0.29, 0.717) is 36.1 Å². The fourth-order valence-electron chi connectivity index (χ4n) is 4.09. The molecule has 3 atom stereocenters. The van der Waals surface area contributed by atoms with Gasteiger partial charge in [-0.2, -0.15) is 0 Å². The van der Waals surface area contributed by atoms with Crippen LogP contribution in [0.25, 0.3) is 0 Å². The van der Waals surface area contributed by atoms with Crippen molar-refractivity contribution in [2.24, 2.45) is 16.3 Å². The molecule has 0 radical (unpaired) electrons. The summed E-state index contributed by atoms with van der Waals surface area (Å²) in [6.45, 7) is 8.33. The van der Waals surface area contributed by atoms with Crippen molar-refractivity contribution in [1.29, 1.82) is 0 Å². The van der Waals surface area contributed by atoms with Gasteiger partial charge in [-0.1, -0.05) is 19.9 Å². The Morgan fingerprint density at radius 3 is 2.84 bits per heavy atom. The zero-order chi connectivity index (χ0) is 18.0. The van der Waals surface area contributed by atoms with E-state index in [9.17, 15) is 8.78 Å². The van der Waals surface area contributed by atoms with Gasteiger partial charge < -0.3 is 15.4 Å². The summed E-state index contributed by atoms with van der Waals surface area (Å²) in [7, 11) is 0. The van der Waals surface area contributed by atoms with E-state index in [1.165, 1.54) is 6.07 Å². The number of hydrogen-bond acceptors (Lipinski definition) is 2. The molecule has 0 spiro atoms. The lowest BCUT2D eigenvalue weighted by molar-refractivity contribution is -0.188. The molecule has 4 nitrogen and oxygen atoms in total. The number of hydrogen-bond donors (Lipinski definition) is 2. The van der Waals surface area contributed by atoms with Gasteiger partial charge in [-0.25, -0.2) is 13.8 Å². The quantitative estimate of drug-likeness (QED) is 0.647. The summed E-state index contributed by atoms with van der Waals surface area (Å²) >= 11 is 0. The Hall–Kier alpha value is -1.69. The fourth-order valence-corrected chi connectivity index (χ4v) is 4.09. The standard InChI is InChI=1S/C19H27F2N3O/c1-4-22-18(23-11-12-7-8-14(20)15(21)10-12)24-16-13-6-5-9-25-17(13)19(16,2)3/h7-8,10,13,16-17H,4-6,9,11H2,1-3H3,(H2,22,23,24). The first kappa shape index (κ1) is 18.1. The van der Waals surface area contributed by atoms with Crippen LogP contribution < -0.4 is 10.6 Å². The van der Waals surface area contributed by atoms with E-state index in [0.717, 1.165) is 32.1 Å². The van der Waals surface area contributed by atoms with Crippen molar-refractivity contribution in [2.75, 3.05) is 13.2 Å². The van der Waals surface area contributed by atoms with Crippen LogP contribution >= 0.6 is 0 Å². The van der Waals surface area contributed by atoms with Crippen molar-refractivity contribution in [2.45, 2.75) is 52.3 Å². The molecule has 2 aliphatic rings. The Morgan fingerprint density at radius 2 is 2.12 bits per heavy atom. The van der Waals surface area contributed by atoms with Crippen LogP contribution in [0.5, 0.6) is 0 Å². The van der Waals surface area contributed by atoms with Gasteiger partial charge in [0, 0.05) is 30.5 Å². The number of ether oxygens (including phenoxy) is 1. The third-order valence-electron chi connectivity index (χ3n) is 5.37. The number of rotatable bonds is 4.